The van der Waals surface area contributed by atoms with E-state index in [-0.39, 0.29) is 24.8 Å². The summed E-state index contributed by atoms with van der Waals surface area (Å²) in [6.07, 6.45) is 2.78. The second kappa shape index (κ2) is 8.23. The SMILES string of the molecule is COc1ccc([C@@H](C2CC2)N2CCNCC2)c(C)c1.Cl.Cl. The first kappa shape index (κ1) is 18.6. The molecular weight excluding hydrogens is 307 g/mol. The highest BCUT2D eigenvalue weighted by atomic mass is 35.5. The van der Waals surface area contributed by atoms with Gasteiger partial charge in [-0.2, -0.15) is 0 Å². The number of piperazine rings is 1. The van der Waals surface area contributed by atoms with E-state index in [2.05, 4.69) is 35.3 Å². The van der Waals surface area contributed by atoms with Crippen LogP contribution in [0.15, 0.2) is 18.2 Å². The first-order valence-corrected chi connectivity index (χ1v) is 7.39. The van der Waals surface area contributed by atoms with Gasteiger partial charge in [-0.1, -0.05) is 6.07 Å². The van der Waals surface area contributed by atoms with Crippen molar-refractivity contribution in [2.45, 2.75) is 25.8 Å². The fraction of sp³-hybridized carbons (Fsp3) is 0.625. The molecule has 21 heavy (non-hydrogen) atoms. The largest absolute Gasteiger partial charge is 0.497 e. The molecule has 1 saturated carbocycles. The average molecular weight is 333 g/mol. The highest BCUT2D eigenvalue weighted by Gasteiger charge is 2.37. The van der Waals surface area contributed by atoms with Crippen LogP contribution in [0, 0.1) is 12.8 Å². The molecule has 1 saturated heterocycles. The standard InChI is InChI=1S/C16H24N2O.2ClH/c1-12-11-14(19-2)5-6-15(12)16(13-3-4-13)18-9-7-17-8-10-18;;/h5-6,11,13,16-17H,3-4,7-10H2,1-2H3;2*1H/t16-;;/m1../s1. The molecule has 0 bridgehead atoms. The van der Waals surface area contributed by atoms with Crippen molar-refractivity contribution in [3.05, 3.63) is 29.3 Å². The third kappa shape index (κ3) is 4.26. The van der Waals surface area contributed by atoms with Crippen LogP contribution in [-0.2, 0) is 0 Å². The Morgan fingerprint density at radius 1 is 1.19 bits per heavy atom. The summed E-state index contributed by atoms with van der Waals surface area (Å²) in [7, 11) is 1.74. The smallest absolute Gasteiger partial charge is 0.119 e. The van der Waals surface area contributed by atoms with Crippen molar-refractivity contribution in [3.8, 4) is 5.75 Å². The Hall–Kier alpha value is -0.480. The van der Waals surface area contributed by atoms with Crippen LogP contribution in [0.4, 0.5) is 0 Å². The van der Waals surface area contributed by atoms with Gasteiger partial charge in [0.15, 0.2) is 0 Å². The number of benzene rings is 1. The van der Waals surface area contributed by atoms with Crippen LogP contribution < -0.4 is 10.1 Å². The highest BCUT2D eigenvalue weighted by molar-refractivity contribution is 5.85. The normalized spacial score (nSPS) is 20.1. The number of nitrogens with one attached hydrogen (secondary N) is 1. The third-order valence-corrected chi connectivity index (χ3v) is 4.41. The Bertz CT molecular complexity index is 446. The second-order valence-corrected chi connectivity index (χ2v) is 5.79. The Labute approximate surface area is 140 Å². The maximum atomic E-state index is 5.33. The molecule has 1 N–H and O–H groups in total. The van der Waals surface area contributed by atoms with Gasteiger partial charge in [-0.3, -0.25) is 4.90 Å². The molecule has 3 rings (SSSR count). The predicted molar refractivity (Wildman–Crippen MR) is 92.1 cm³/mol. The minimum atomic E-state index is 0. The molecule has 3 nitrogen and oxygen atoms in total. The molecule has 1 aliphatic heterocycles. The zero-order valence-corrected chi connectivity index (χ0v) is 14.4. The zero-order valence-electron chi connectivity index (χ0n) is 12.8. The van der Waals surface area contributed by atoms with Gasteiger partial charge in [0.05, 0.1) is 7.11 Å². The zero-order chi connectivity index (χ0) is 13.2. The molecule has 120 valence electrons. The summed E-state index contributed by atoms with van der Waals surface area (Å²) >= 11 is 0. The molecule has 0 spiro atoms. The number of methoxy groups -OCH3 is 1. The summed E-state index contributed by atoms with van der Waals surface area (Å²) in [5.74, 6) is 1.83. The lowest BCUT2D eigenvalue weighted by molar-refractivity contribution is 0.155. The molecule has 2 aliphatic rings. The Balaban J connectivity index is 0.00000110. The molecule has 1 atom stereocenters. The number of halogens is 2. The van der Waals surface area contributed by atoms with E-state index >= 15 is 0 Å². The van der Waals surface area contributed by atoms with Crippen LogP contribution in [0.1, 0.15) is 30.0 Å². The topological polar surface area (TPSA) is 24.5 Å². The molecule has 0 aromatic heterocycles. The van der Waals surface area contributed by atoms with Gasteiger partial charge < -0.3 is 10.1 Å². The van der Waals surface area contributed by atoms with Gasteiger partial charge in [0.2, 0.25) is 0 Å². The molecule has 1 aromatic rings. The lowest BCUT2D eigenvalue weighted by atomic mass is 9.95. The van der Waals surface area contributed by atoms with Gasteiger partial charge >= 0.3 is 0 Å². The first-order valence-electron chi connectivity index (χ1n) is 7.39. The van der Waals surface area contributed by atoms with Crippen molar-refractivity contribution in [1.29, 1.82) is 0 Å². The summed E-state index contributed by atoms with van der Waals surface area (Å²) in [6.45, 7) is 6.81. The Kier molecular flexibility index (Phi) is 7.28. The van der Waals surface area contributed by atoms with E-state index in [1.165, 1.54) is 37.1 Å². The van der Waals surface area contributed by atoms with Crippen LogP contribution in [-0.4, -0.2) is 38.2 Å². The van der Waals surface area contributed by atoms with Gasteiger partial charge in [-0.05, 0) is 48.9 Å². The number of aryl methyl sites for hydroxylation is 1. The third-order valence-electron chi connectivity index (χ3n) is 4.41. The summed E-state index contributed by atoms with van der Waals surface area (Å²) in [6, 6.07) is 7.18. The van der Waals surface area contributed by atoms with Crippen molar-refractivity contribution < 1.29 is 4.74 Å². The van der Waals surface area contributed by atoms with E-state index in [0.717, 1.165) is 24.8 Å². The molecule has 0 amide bonds. The molecule has 0 radical (unpaired) electrons. The van der Waals surface area contributed by atoms with Crippen LogP contribution in [0.5, 0.6) is 5.75 Å². The maximum Gasteiger partial charge on any atom is 0.119 e. The highest BCUT2D eigenvalue weighted by Crippen LogP contribution is 2.45. The monoisotopic (exact) mass is 332 g/mol. The van der Waals surface area contributed by atoms with Crippen molar-refractivity contribution in [3.63, 3.8) is 0 Å². The van der Waals surface area contributed by atoms with Crippen LogP contribution >= 0.6 is 24.8 Å². The molecule has 1 heterocycles. The van der Waals surface area contributed by atoms with Crippen LogP contribution in [0.2, 0.25) is 0 Å². The first-order chi connectivity index (χ1) is 9.29. The minimum absolute atomic E-state index is 0. The lowest BCUT2D eigenvalue weighted by Gasteiger charge is -2.36. The Morgan fingerprint density at radius 2 is 1.86 bits per heavy atom. The Morgan fingerprint density at radius 3 is 2.38 bits per heavy atom. The summed E-state index contributed by atoms with van der Waals surface area (Å²) < 4.78 is 5.33. The van der Waals surface area contributed by atoms with E-state index in [9.17, 15) is 0 Å². The van der Waals surface area contributed by atoms with Crippen molar-refractivity contribution in [2.24, 2.45) is 5.92 Å². The minimum Gasteiger partial charge on any atom is -0.497 e. The molecule has 2 fully saturated rings. The van der Waals surface area contributed by atoms with Gasteiger partial charge in [-0.25, -0.2) is 0 Å². The fourth-order valence-electron chi connectivity index (χ4n) is 3.23. The molecule has 0 unspecified atom stereocenters. The van der Waals surface area contributed by atoms with Crippen molar-refractivity contribution in [2.75, 3.05) is 33.3 Å². The van der Waals surface area contributed by atoms with Crippen molar-refractivity contribution >= 4 is 24.8 Å². The van der Waals surface area contributed by atoms with E-state index in [1.807, 2.05) is 0 Å². The van der Waals surface area contributed by atoms with E-state index in [1.54, 1.807) is 7.11 Å². The lowest BCUT2D eigenvalue weighted by Crippen LogP contribution is -2.45. The van der Waals surface area contributed by atoms with Gasteiger partial charge in [0.1, 0.15) is 5.75 Å². The molecular formula is C16H26Cl2N2O. The number of rotatable bonds is 4. The number of ether oxygens (including phenoxy) is 1. The van der Waals surface area contributed by atoms with Gasteiger partial charge in [-0.15, -0.1) is 24.8 Å². The molecule has 1 aromatic carbocycles. The summed E-state index contributed by atoms with van der Waals surface area (Å²) in [4.78, 5) is 2.67. The van der Waals surface area contributed by atoms with Crippen LogP contribution in [0.25, 0.3) is 0 Å². The number of nitrogens with zero attached hydrogens (tertiary/aromatic N) is 1. The molecule has 1 aliphatic carbocycles. The van der Waals surface area contributed by atoms with E-state index < -0.39 is 0 Å². The van der Waals surface area contributed by atoms with Crippen molar-refractivity contribution in [1.82, 2.24) is 10.2 Å². The maximum absolute atomic E-state index is 5.33. The number of hydrogen-bond donors (Lipinski definition) is 1. The summed E-state index contributed by atoms with van der Waals surface area (Å²) in [5.41, 5.74) is 2.87. The van der Waals surface area contributed by atoms with Gasteiger partial charge in [0.25, 0.3) is 0 Å². The van der Waals surface area contributed by atoms with Gasteiger partial charge in [0, 0.05) is 32.2 Å². The fourth-order valence-corrected chi connectivity index (χ4v) is 3.23. The molecule has 5 heteroatoms. The average Bonchev–Trinajstić information content (AvgIpc) is 3.27. The number of hydrogen-bond acceptors (Lipinski definition) is 3. The van der Waals surface area contributed by atoms with E-state index in [0.29, 0.717) is 6.04 Å². The van der Waals surface area contributed by atoms with E-state index in [4.69, 9.17) is 4.74 Å². The predicted octanol–water partition coefficient (Wildman–Crippen LogP) is 3.20. The van der Waals surface area contributed by atoms with Crippen LogP contribution in [0.3, 0.4) is 0 Å². The quantitative estimate of drug-likeness (QED) is 0.916. The second-order valence-electron chi connectivity index (χ2n) is 5.79. The summed E-state index contributed by atoms with van der Waals surface area (Å²) in [5, 5.41) is 3.45.